The fraction of sp³-hybridized carbons (Fsp3) is 0.907. The molecule has 2 unspecified atom stereocenters. The van der Waals surface area contributed by atoms with Crippen molar-refractivity contribution in [3.63, 3.8) is 0 Å². The van der Waals surface area contributed by atoms with Crippen LogP contribution >= 0.6 is 15.6 Å². The molecule has 0 aliphatic rings. The Kier molecular flexibility index (Phi) is 76.4. The lowest BCUT2D eigenvalue weighted by molar-refractivity contribution is -0.161. The van der Waals surface area contributed by atoms with E-state index < -0.39 is 97.5 Å². The molecule has 0 aromatic carbocycles. The molecular weight excluding hydrogens is 1370 g/mol. The number of phosphoric ester groups is 2. The summed E-state index contributed by atoms with van der Waals surface area (Å²) >= 11 is 0. The van der Waals surface area contributed by atoms with Crippen LogP contribution in [0.5, 0.6) is 0 Å². The molecule has 0 heterocycles. The lowest BCUT2D eigenvalue weighted by Crippen LogP contribution is -2.30. The second-order valence-corrected chi connectivity index (χ2v) is 33.6. The SMILES string of the molecule is CCCCCC/C=C\C=C/CCCCCCCC(=O)O[C@H](COC(=O)CCCCCCCCCCCCC)COP(=O)(O)OC[C@H](O)COP(=O)(O)OC[C@@H](COC(=O)CCCCCCCCCCCCCCCCCC(C)C)OC(=O)CCCCCCCCCCCCCCCCCCCCCCC. The summed E-state index contributed by atoms with van der Waals surface area (Å²) in [5, 5.41) is 10.7. The molecule has 0 bridgehead atoms. The van der Waals surface area contributed by atoms with Crippen LogP contribution in [0.3, 0.4) is 0 Å². The molecule has 0 saturated carbocycles. The third-order valence-electron chi connectivity index (χ3n) is 19.7. The fourth-order valence-corrected chi connectivity index (χ4v) is 14.5. The smallest absolute Gasteiger partial charge is 0.462 e. The van der Waals surface area contributed by atoms with Gasteiger partial charge in [-0.05, 0) is 57.3 Å². The number of esters is 4. The first-order valence-electron chi connectivity index (χ1n) is 44.0. The van der Waals surface area contributed by atoms with Crippen molar-refractivity contribution >= 4 is 39.5 Å². The first-order valence-corrected chi connectivity index (χ1v) is 46.9. The summed E-state index contributed by atoms with van der Waals surface area (Å²) in [6.45, 7) is 7.32. The highest BCUT2D eigenvalue weighted by Gasteiger charge is 2.30. The number of hydrogen-bond donors (Lipinski definition) is 3. The van der Waals surface area contributed by atoms with E-state index in [1.54, 1.807) is 0 Å². The molecule has 5 atom stereocenters. The standard InChI is InChI=1S/C86H164O17P2/c1-6-9-12-15-18-21-24-26-28-29-30-31-32-33-37-42-47-52-57-62-67-72-86(91)103-82(76-97-84(89)70-65-60-55-50-45-40-38-34-36-39-44-48-53-58-63-68-79(4)5)78-101-105(94,95)99-74-80(87)73-98-104(92,93)100-77-81(75-96-83(88)69-64-59-54-49-43-23-20-17-14-11-8-3)102-85(90)71-66-61-56-51-46-41-35-27-25-22-19-16-13-10-7-2/h22,25,27,35,79-82,87H,6-21,23-24,26,28-34,36-78H2,1-5H3,(H,92,93)(H,94,95)/b25-22-,35-27-/t80-,81+,82+/m0/s1. The van der Waals surface area contributed by atoms with Crippen LogP contribution in [0.2, 0.25) is 0 Å². The van der Waals surface area contributed by atoms with E-state index in [2.05, 4.69) is 58.9 Å². The van der Waals surface area contributed by atoms with Gasteiger partial charge >= 0.3 is 39.5 Å². The molecule has 17 nitrogen and oxygen atoms in total. The van der Waals surface area contributed by atoms with E-state index in [1.165, 1.54) is 250 Å². The van der Waals surface area contributed by atoms with E-state index in [-0.39, 0.29) is 25.7 Å². The first-order chi connectivity index (χ1) is 51.0. The molecular formula is C86H164O17P2. The lowest BCUT2D eigenvalue weighted by Gasteiger charge is -2.21. The summed E-state index contributed by atoms with van der Waals surface area (Å²) in [6, 6.07) is 0. The van der Waals surface area contributed by atoms with Crippen LogP contribution in [0.1, 0.15) is 439 Å². The van der Waals surface area contributed by atoms with Crippen molar-refractivity contribution in [3.05, 3.63) is 24.3 Å². The average Bonchev–Trinajstić information content (AvgIpc) is 0.913. The maximum atomic E-state index is 13.1. The highest BCUT2D eigenvalue weighted by Crippen LogP contribution is 2.45. The highest BCUT2D eigenvalue weighted by molar-refractivity contribution is 7.47. The van der Waals surface area contributed by atoms with Crippen LogP contribution in [-0.4, -0.2) is 96.7 Å². The van der Waals surface area contributed by atoms with E-state index in [9.17, 15) is 43.2 Å². The largest absolute Gasteiger partial charge is 0.472 e. The zero-order valence-corrected chi connectivity index (χ0v) is 70.1. The van der Waals surface area contributed by atoms with Crippen molar-refractivity contribution in [3.8, 4) is 0 Å². The van der Waals surface area contributed by atoms with Gasteiger partial charge in [-0.2, -0.15) is 0 Å². The van der Waals surface area contributed by atoms with Crippen LogP contribution in [-0.2, 0) is 65.4 Å². The fourth-order valence-electron chi connectivity index (χ4n) is 12.9. The maximum Gasteiger partial charge on any atom is 0.472 e. The molecule has 620 valence electrons. The quantitative estimate of drug-likeness (QED) is 0.0169. The Labute approximate surface area is 643 Å². The lowest BCUT2D eigenvalue weighted by atomic mass is 10.0. The van der Waals surface area contributed by atoms with Gasteiger partial charge in [-0.1, -0.05) is 386 Å². The van der Waals surface area contributed by atoms with E-state index in [0.717, 1.165) is 109 Å². The van der Waals surface area contributed by atoms with Crippen molar-refractivity contribution in [2.45, 2.75) is 457 Å². The van der Waals surface area contributed by atoms with Gasteiger partial charge in [0.15, 0.2) is 12.2 Å². The molecule has 3 N–H and O–H groups in total. The summed E-state index contributed by atoms with van der Waals surface area (Å²) in [5.41, 5.74) is 0. The summed E-state index contributed by atoms with van der Waals surface area (Å²) in [4.78, 5) is 73.2. The normalized spacial score (nSPS) is 13.9. The molecule has 0 radical (unpaired) electrons. The molecule has 0 rings (SSSR count). The van der Waals surface area contributed by atoms with Gasteiger partial charge in [0.2, 0.25) is 0 Å². The molecule has 0 aromatic rings. The number of unbranched alkanes of at least 4 members (excludes halogenated alkanes) is 53. The molecule has 19 heteroatoms. The van der Waals surface area contributed by atoms with Crippen LogP contribution in [0, 0.1) is 5.92 Å². The third kappa shape index (κ3) is 79.4. The highest BCUT2D eigenvalue weighted by atomic mass is 31.2. The molecule has 0 amide bonds. The number of carbonyl (C=O) groups excluding carboxylic acids is 4. The predicted molar refractivity (Wildman–Crippen MR) is 432 cm³/mol. The third-order valence-corrected chi connectivity index (χ3v) is 21.6. The molecule has 0 aliphatic heterocycles. The number of phosphoric acid groups is 2. The van der Waals surface area contributed by atoms with Crippen molar-refractivity contribution in [1.29, 1.82) is 0 Å². The van der Waals surface area contributed by atoms with Gasteiger partial charge in [0.25, 0.3) is 0 Å². The Morgan fingerprint density at radius 3 is 0.781 bits per heavy atom. The van der Waals surface area contributed by atoms with Gasteiger partial charge in [-0.3, -0.25) is 37.3 Å². The van der Waals surface area contributed by atoms with Gasteiger partial charge in [0.05, 0.1) is 26.4 Å². The molecule has 0 aliphatic carbocycles. The Morgan fingerprint density at radius 1 is 0.295 bits per heavy atom. The van der Waals surface area contributed by atoms with Crippen LogP contribution in [0.4, 0.5) is 0 Å². The van der Waals surface area contributed by atoms with Gasteiger partial charge in [0.1, 0.15) is 19.3 Å². The number of hydrogen-bond acceptors (Lipinski definition) is 15. The van der Waals surface area contributed by atoms with E-state index in [4.69, 9.17) is 37.0 Å². The van der Waals surface area contributed by atoms with Gasteiger partial charge < -0.3 is 33.8 Å². The average molecular weight is 1530 g/mol. The van der Waals surface area contributed by atoms with Gasteiger partial charge in [0, 0.05) is 25.7 Å². The predicted octanol–water partition coefficient (Wildman–Crippen LogP) is 25.9. The molecule has 0 aromatic heterocycles. The van der Waals surface area contributed by atoms with Gasteiger partial charge in [-0.15, -0.1) is 0 Å². The van der Waals surface area contributed by atoms with Crippen molar-refractivity contribution in [2.75, 3.05) is 39.6 Å². The Morgan fingerprint density at radius 2 is 0.514 bits per heavy atom. The van der Waals surface area contributed by atoms with Crippen molar-refractivity contribution < 1.29 is 80.2 Å². The van der Waals surface area contributed by atoms with Crippen molar-refractivity contribution in [2.24, 2.45) is 5.92 Å². The van der Waals surface area contributed by atoms with Gasteiger partial charge in [-0.25, -0.2) is 9.13 Å². The van der Waals surface area contributed by atoms with E-state index >= 15 is 0 Å². The van der Waals surface area contributed by atoms with Crippen molar-refractivity contribution in [1.82, 2.24) is 0 Å². The van der Waals surface area contributed by atoms with Crippen LogP contribution in [0.25, 0.3) is 0 Å². The monoisotopic (exact) mass is 1530 g/mol. The number of aliphatic hydroxyl groups excluding tert-OH is 1. The van der Waals surface area contributed by atoms with Crippen LogP contribution in [0.15, 0.2) is 24.3 Å². The van der Waals surface area contributed by atoms with Crippen LogP contribution < -0.4 is 0 Å². The maximum absolute atomic E-state index is 13.1. The molecule has 105 heavy (non-hydrogen) atoms. The summed E-state index contributed by atoms with van der Waals surface area (Å²) in [5.74, 6) is -1.33. The van der Waals surface area contributed by atoms with E-state index in [0.29, 0.717) is 25.7 Å². The Balaban J connectivity index is 5.26. The second kappa shape index (κ2) is 78.2. The van der Waals surface area contributed by atoms with E-state index in [1.807, 2.05) is 0 Å². The summed E-state index contributed by atoms with van der Waals surface area (Å²) in [7, 11) is -9.94. The minimum absolute atomic E-state index is 0.0857. The summed E-state index contributed by atoms with van der Waals surface area (Å²) < 4.78 is 68.8. The number of aliphatic hydroxyl groups is 1. The number of carbonyl (C=O) groups is 4. The molecule has 0 saturated heterocycles. The summed E-state index contributed by atoms with van der Waals surface area (Å²) in [6.07, 6.45) is 74.4. The number of rotatable bonds is 84. The number of ether oxygens (including phenoxy) is 4. The topological polar surface area (TPSA) is 237 Å². The minimum Gasteiger partial charge on any atom is -0.462 e. The number of allylic oxidation sites excluding steroid dienone is 4. The zero-order chi connectivity index (χ0) is 76.9. The first kappa shape index (κ1) is 103. The minimum atomic E-state index is -4.97. The molecule has 0 fully saturated rings. The second-order valence-electron chi connectivity index (χ2n) is 30.7. The molecule has 0 spiro atoms. The Bertz CT molecular complexity index is 2090. The zero-order valence-electron chi connectivity index (χ0n) is 68.4. The Hall–Kier alpha value is -2.46.